The second-order valence-corrected chi connectivity index (χ2v) is 14.4. The molecule has 0 aliphatic carbocycles. The van der Waals surface area contributed by atoms with Gasteiger partial charge < -0.3 is 29.0 Å². The first-order valence-corrected chi connectivity index (χ1v) is 19.5. The first-order chi connectivity index (χ1) is 27.3. The van der Waals surface area contributed by atoms with Gasteiger partial charge in [0.25, 0.3) is 0 Å². The molecule has 0 bridgehead atoms. The summed E-state index contributed by atoms with van der Waals surface area (Å²) < 4.78 is 29.8. The maximum atomic E-state index is 13.5. The van der Waals surface area contributed by atoms with Crippen molar-refractivity contribution in [2.45, 2.75) is 38.0 Å². The molecular weight excluding hydrogens is 729 g/mol. The number of carbonyl (C=O) groups excluding carboxylic acids is 1. The van der Waals surface area contributed by atoms with Gasteiger partial charge in [0.2, 0.25) is 5.88 Å². The summed E-state index contributed by atoms with van der Waals surface area (Å²) in [5, 5.41) is 12.4. The van der Waals surface area contributed by atoms with E-state index in [0.29, 0.717) is 68.4 Å². The van der Waals surface area contributed by atoms with E-state index in [0.717, 1.165) is 49.7 Å². The Morgan fingerprint density at radius 1 is 0.839 bits per heavy atom. The van der Waals surface area contributed by atoms with Gasteiger partial charge in [0, 0.05) is 53.3 Å². The predicted molar refractivity (Wildman–Crippen MR) is 221 cm³/mol. The first kappa shape index (κ1) is 40.2. The molecule has 0 unspecified atom stereocenters. The molecule has 0 spiro atoms. The van der Waals surface area contributed by atoms with Gasteiger partial charge in [0.05, 0.1) is 57.2 Å². The average Bonchev–Trinajstić information content (AvgIpc) is 3.62. The van der Waals surface area contributed by atoms with Gasteiger partial charge in [-0.15, -0.1) is 11.8 Å². The number of nitrogens with one attached hydrogen (secondary N) is 2. The van der Waals surface area contributed by atoms with Crippen molar-refractivity contribution in [3.63, 3.8) is 0 Å². The summed E-state index contributed by atoms with van der Waals surface area (Å²) >= 11 is 1.69. The summed E-state index contributed by atoms with van der Waals surface area (Å²) in [6, 6.07) is 28.8. The molecule has 6 aromatic rings. The fraction of sp³-hybridized carbons (Fsp3) is 0.302. The number of benzene rings is 4. The van der Waals surface area contributed by atoms with Crippen molar-refractivity contribution >= 4 is 40.1 Å². The number of aromatic nitrogens is 4. The standard InChI is InChI=1S/C43H48N6O6S/c1-29(2)38-28-41(49(48-38)32-12-10-30(3)11-13-32)47-43(50)45-37-14-15-39(36-9-7-6-8-35(36)37)55-42-16-17-44-40(46-42)26-31-24-33(52-5)27-34(25-31)56-23-22-54-21-20-53-19-18-51-4/h6-17,24-25,27-29H,18-23,26H2,1-5H3,(H2,45,47,50). The predicted octanol–water partition coefficient (Wildman–Crippen LogP) is 9.05. The zero-order chi connectivity index (χ0) is 39.3. The highest BCUT2D eigenvalue weighted by atomic mass is 32.2. The van der Waals surface area contributed by atoms with E-state index in [-0.39, 0.29) is 11.9 Å². The van der Waals surface area contributed by atoms with E-state index in [1.54, 1.807) is 42.9 Å². The van der Waals surface area contributed by atoms with Crippen LogP contribution in [0.1, 0.15) is 42.4 Å². The lowest BCUT2D eigenvalue weighted by molar-refractivity contribution is 0.0286. The fourth-order valence-corrected chi connectivity index (χ4v) is 6.70. The molecule has 2 N–H and O–H groups in total. The van der Waals surface area contributed by atoms with Crippen molar-refractivity contribution in [1.29, 1.82) is 0 Å². The minimum Gasteiger partial charge on any atom is -0.497 e. The van der Waals surface area contributed by atoms with Crippen molar-refractivity contribution in [3.8, 4) is 23.1 Å². The van der Waals surface area contributed by atoms with Crippen LogP contribution < -0.4 is 20.1 Å². The fourth-order valence-electron chi connectivity index (χ4n) is 5.83. The summed E-state index contributed by atoms with van der Waals surface area (Å²) in [7, 11) is 3.31. The van der Waals surface area contributed by atoms with E-state index < -0.39 is 0 Å². The molecule has 0 radical (unpaired) electrons. The van der Waals surface area contributed by atoms with E-state index in [4.69, 9.17) is 33.8 Å². The molecule has 2 heterocycles. The number of urea groups is 1. The first-order valence-electron chi connectivity index (χ1n) is 18.5. The largest absolute Gasteiger partial charge is 0.497 e. The highest BCUT2D eigenvalue weighted by Gasteiger charge is 2.17. The number of ether oxygens (including phenoxy) is 5. The van der Waals surface area contributed by atoms with Gasteiger partial charge in [-0.1, -0.05) is 55.8 Å². The molecule has 0 saturated carbocycles. The number of nitrogens with zero attached hydrogens (tertiary/aromatic N) is 4. The highest BCUT2D eigenvalue weighted by Crippen LogP contribution is 2.34. The molecule has 0 aliphatic rings. The Morgan fingerprint density at radius 3 is 2.38 bits per heavy atom. The molecule has 56 heavy (non-hydrogen) atoms. The third kappa shape index (κ3) is 11.1. The van der Waals surface area contributed by atoms with Crippen LogP contribution in [-0.4, -0.2) is 78.8 Å². The number of thioether (sulfide) groups is 1. The van der Waals surface area contributed by atoms with Crippen LogP contribution in [0.4, 0.5) is 16.3 Å². The van der Waals surface area contributed by atoms with Gasteiger partial charge in [0.1, 0.15) is 23.1 Å². The molecule has 2 amide bonds. The molecule has 0 aliphatic heterocycles. The van der Waals surface area contributed by atoms with Gasteiger partial charge in [-0.25, -0.2) is 14.5 Å². The smallest absolute Gasteiger partial charge is 0.324 e. The summed E-state index contributed by atoms with van der Waals surface area (Å²) in [5.74, 6) is 3.92. The average molecular weight is 777 g/mol. The molecular formula is C43H48N6O6S. The number of aryl methyl sites for hydroxylation is 1. The number of hydrogen-bond acceptors (Lipinski definition) is 10. The Balaban J connectivity index is 1.11. The molecule has 292 valence electrons. The summed E-state index contributed by atoms with van der Waals surface area (Å²) in [6.45, 7) is 9.01. The third-order valence-electron chi connectivity index (χ3n) is 8.70. The summed E-state index contributed by atoms with van der Waals surface area (Å²) in [4.78, 5) is 23.8. The van der Waals surface area contributed by atoms with Crippen LogP contribution in [0.3, 0.4) is 0 Å². The summed E-state index contributed by atoms with van der Waals surface area (Å²) in [6.07, 6.45) is 2.18. The second-order valence-electron chi connectivity index (χ2n) is 13.3. The van der Waals surface area contributed by atoms with E-state index in [9.17, 15) is 4.79 Å². The quantitative estimate of drug-likeness (QED) is 0.0607. The lowest BCUT2D eigenvalue weighted by Gasteiger charge is -2.14. The van der Waals surface area contributed by atoms with E-state index in [2.05, 4.69) is 35.5 Å². The van der Waals surface area contributed by atoms with Crippen LogP contribution in [0.2, 0.25) is 0 Å². The molecule has 6 rings (SSSR count). The normalized spacial score (nSPS) is 11.2. The van der Waals surface area contributed by atoms with Gasteiger partial charge in [-0.2, -0.15) is 10.1 Å². The Labute approximate surface area is 331 Å². The number of rotatable bonds is 19. The molecule has 2 aromatic heterocycles. The number of methoxy groups -OCH3 is 2. The molecule has 13 heteroatoms. The summed E-state index contributed by atoms with van der Waals surface area (Å²) in [5.41, 5.74) is 4.52. The Morgan fingerprint density at radius 2 is 1.61 bits per heavy atom. The Kier molecular flexibility index (Phi) is 14.3. The van der Waals surface area contributed by atoms with Gasteiger partial charge in [0.15, 0.2) is 0 Å². The number of amides is 2. The van der Waals surface area contributed by atoms with E-state index >= 15 is 0 Å². The van der Waals surface area contributed by atoms with Crippen LogP contribution in [-0.2, 0) is 20.6 Å². The number of hydrogen-bond donors (Lipinski definition) is 2. The topological polar surface area (TPSA) is 131 Å². The van der Waals surface area contributed by atoms with E-state index in [1.165, 1.54) is 0 Å². The van der Waals surface area contributed by atoms with Crippen molar-refractivity contribution in [2.75, 3.05) is 63.6 Å². The number of fused-ring (bicyclic) bond motifs is 1. The Hall–Kier alpha value is -5.47. The maximum absolute atomic E-state index is 13.5. The van der Waals surface area contributed by atoms with E-state index in [1.807, 2.05) is 85.8 Å². The molecule has 0 saturated heterocycles. The van der Waals surface area contributed by atoms with Crippen molar-refractivity contribution in [1.82, 2.24) is 19.7 Å². The van der Waals surface area contributed by atoms with Crippen molar-refractivity contribution in [2.24, 2.45) is 0 Å². The van der Waals surface area contributed by atoms with Crippen LogP contribution in [0.25, 0.3) is 16.5 Å². The van der Waals surface area contributed by atoms with Crippen LogP contribution >= 0.6 is 11.8 Å². The second kappa shape index (κ2) is 19.9. The van der Waals surface area contributed by atoms with Gasteiger partial charge >= 0.3 is 6.03 Å². The molecule has 0 fully saturated rings. The third-order valence-corrected chi connectivity index (χ3v) is 9.64. The van der Waals surface area contributed by atoms with Crippen LogP contribution in [0, 0.1) is 6.92 Å². The SMILES string of the molecule is COCCOCCOCCSc1cc(Cc2nccc(Oc3ccc(NC(=O)Nc4cc(C(C)C)nn4-c4ccc(C)cc4)c4ccccc34)n2)cc(OC)c1. The zero-order valence-corrected chi connectivity index (χ0v) is 33.2. The zero-order valence-electron chi connectivity index (χ0n) is 32.4. The number of carbonyl (C=O) groups is 1. The minimum absolute atomic E-state index is 0.186. The van der Waals surface area contributed by atoms with Crippen LogP contribution in [0.15, 0.2) is 102 Å². The van der Waals surface area contributed by atoms with Crippen molar-refractivity contribution < 1.29 is 28.5 Å². The lowest BCUT2D eigenvalue weighted by Crippen LogP contribution is -2.21. The monoisotopic (exact) mass is 776 g/mol. The molecule has 4 aromatic carbocycles. The van der Waals surface area contributed by atoms with Gasteiger partial charge in [-0.05, 0) is 60.9 Å². The molecule has 0 atom stereocenters. The highest BCUT2D eigenvalue weighted by molar-refractivity contribution is 7.99. The molecule has 12 nitrogen and oxygen atoms in total. The van der Waals surface area contributed by atoms with Crippen LogP contribution in [0.5, 0.6) is 17.4 Å². The maximum Gasteiger partial charge on any atom is 0.324 e. The minimum atomic E-state index is -0.389. The lowest BCUT2D eigenvalue weighted by atomic mass is 10.1. The Bertz CT molecular complexity index is 2210. The number of anilines is 2. The van der Waals surface area contributed by atoms with Crippen molar-refractivity contribution in [3.05, 3.63) is 120 Å². The van der Waals surface area contributed by atoms with Gasteiger partial charge in [-0.3, -0.25) is 5.32 Å².